The second-order valence-electron chi connectivity index (χ2n) is 5.96. The predicted molar refractivity (Wildman–Crippen MR) is 95.9 cm³/mol. The van der Waals surface area contributed by atoms with Crippen molar-refractivity contribution in [2.45, 2.75) is 31.8 Å². The molecule has 122 valence electrons. The molecular formula is C18H23N3OS. The highest BCUT2D eigenvalue weighted by atomic mass is 32.1. The minimum Gasteiger partial charge on any atom is -0.333 e. The largest absolute Gasteiger partial charge is 0.333 e. The third-order valence-corrected chi connectivity index (χ3v) is 5.18. The number of carbonyl (C=O) groups excluding carboxylic acids is 1. The van der Waals surface area contributed by atoms with Gasteiger partial charge >= 0.3 is 6.03 Å². The lowest BCUT2D eigenvalue weighted by atomic mass is 10.1. The Morgan fingerprint density at radius 1 is 1.13 bits per heavy atom. The van der Waals surface area contributed by atoms with Crippen molar-refractivity contribution < 1.29 is 4.79 Å². The van der Waals surface area contributed by atoms with E-state index < -0.39 is 0 Å². The van der Waals surface area contributed by atoms with E-state index in [0.29, 0.717) is 0 Å². The molecule has 0 radical (unpaired) electrons. The van der Waals surface area contributed by atoms with Crippen LogP contribution < -0.4 is 10.6 Å². The van der Waals surface area contributed by atoms with Crippen molar-refractivity contribution in [2.24, 2.45) is 0 Å². The second kappa shape index (κ2) is 7.62. The van der Waals surface area contributed by atoms with Crippen molar-refractivity contribution in [2.75, 3.05) is 18.4 Å². The molecule has 1 aliphatic heterocycles. The van der Waals surface area contributed by atoms with Crippen molar-refractivity contribution in [1.29, 1.82) is 0 Å². The van der Waals surface area contributed by atoms with Crippen molar-refractivity contribution in [1.82, 2.24) is 10.2 Å². The molecule has 1 saturated heterocycles. The number of benzene rings is 1. The minimum atomic E-state index is -0.149. The van der Waals surface area contributed by atoms with E-state index in [1.54, 1.807) is 11.3 Å². The Kier molecular flexibility index (Phi) is 5.31. The van der Waals surface area contributed by atoms with E-state index in [1.807, 2.05) is 30.3 Å². The first kappa shape index (κ1) is 16.0. The van der Waals surface area contributed by atoms with Gasteiger partial charge in [-0.15, -0.1) is 11.3 Å². The first-order chi connectivity index (χ1) is 11.2. The van der Waals surface area contributed by atoms with E-state index in [4.69, 9.17) is 0 Å². The molecule has 5 heteroatoms. The van der Waals surface area contributed by atoms with Crippen LogP contribution in [0.25, 0.3) is 0 Å². The zero-order valence-electron chi connectivity index (χ0n) is 13.4. The molecule has 0 bridgehead atoms. The van der Waals surface area contributed by atoms with Gasteiger partial charge in [0.05, 0.1) is 6.04 Å². The van der Waals surface area contributed by atoms with Crippen LogP contribution in [0.1, 0.15) is 30.7 Å². The molecule has 1 fully saturated rings. The molecule has 1 aliphatic rings. The summed E-state index contributed by atoms with van der Waals surface area (Å²) in [7, 11) is 0. The van der Waals surface area contributed by atoms with Crippen LogP contribution in [0, 0.1) is 0 Å². The fourth-order valence-electron chi connectivity index (χ4n) is 3.20. The smallest absolute Gasteiger partial charge is 0.319 e. The number of nitrogens with one attached hydrogen (secondary N) is 2. The number of likely N-dealkylation sites (tertiary alicyclic amines) is 1. The van der Waals surface area contributed by atoms with E-state index in [0.717, 1.165) is 18.8 Å². The Labute approximate surface area is 141 Å². The number of urea groups is 1. The Balaban J connectivity index is 1.66. The average Bonchev–Trinajstić information content (AvgIpc) is 3.22. The third-order valence-electron chi connectivity index (χ3n) is 4.23. The lowest BCUT2D eigenvalue weighted by molar-refractivity contribution is 0.200. The summed E-state index contributed by atoms with van der Waals surface area (Å²) >= 11 is 1.76. The number of nitrogens with zero attached hydrogens (tertiary/aromatic N) is 1. The summed E-state index contributed by atoms with van der Waals surface area (Å²) in [6, 6.07) is 13.9. The van der Waals surface area contributed by atoms with Gasteiger partial charge in [0.25, 0.3) is 0 Å². The average molecular weight is 329 g/mol. The monoisotopic (exact) mass is 329 g/mol. The number of hydrogen-bond donors (Lipinski definition) is 2. The predicted octanol–water partition coefficient (Wildman–Crippen LogP) is 4.10. The molecule has 2 atom stereocenters. The maximum absolute atomic E-state index is 12.3. The fraction of sp³-hybridized carbons (Fsp3) is 0.389. The quantitative estimate of drug-likeness (QED) is 0.867. The number of carbonyl (C=O) groups is 1. The maximum Gasteiger partial charge on any atom is 0.319 e. The van der Waals surface area contributed by atoms with Crippen molar-refractivity contribution in [3.8, 4) is 0 Å². The summed E-state index contributed by atoms with van der Waals surface area (Å²) in [6.07, 6.45) is 2.48. The van der Waals surface area contributed by atoms with E-state index >= 15 is 0 Å². The first-order valence-corrected chi connectivity index (χ1v) is 9.02. The Hall–Kier alpha value is -1.85. The summed E-state index contributed by atoms with van der Waals surface area (Å²) in [6.45, 7) is 4.30. The third kappa shape index (κ3) is 4.12. The number of amides is 2. The lowest BCUT2D eigenvalue weighted by Crippen LogP contribution is -2.45. The zero-order chi connectivity index (χ0) is 16.1. The molecule has 2 N–H and O–H groups in total. The van der Waals surface area contributed by atoms with Crippen LogP contribution in [0.4, 0.5) is 10.5 Å². The van der Waals surface area contributed by atoms with Crippen LogP contribution in [-0.4, -0.2) is 30.1 Å². The molecule has 0 unspecified atom stereocenters. The van der Waals surface area contributed by atoms with Gasteiger partial charge in [-0.25, -0.2) is 4.79 Å². The maximum atomic E-state index is 12.3. The minimum absolute atomic E-state index is 0.0514. The normalized spacial score (nSPS) is 17.6. The van der Waals surface area contributed by atoms with Gasteiger partial charge in [-0.2, -0.15) is 0 Å². The van der Waals surface area contributed by atoms with E-state index in [-0.39, 0.29) is 18.1 Å². The molecule has 2 aromatic rings. The highest BCUT2D eigenvalue weighted by Gasteiger charge is 2.29. The topological polar surface area (TPSA) is 44.4 Å². The zero-order valence-corrected chi connectivity index (χ0v) is 14.2. The molecule has 1 aromatic carbocycles. The lowest BCUT2D eigenvalue weighted by Gasteiger charge is -2.32. The molecule has 23 heavy (non-hydrogen) atoms. The van der Waals surface area contributed by atoms with Crippen LogP contribution in [0.5, 0.6) is 0 Å². The molecular weight excluding hydrogens is 306 g/mol. The molecule has 0 saturated carbocycles. The van der Waals surface area contributed by atoms with Gasteiger partial charge in [0.2, 0.25) is 0 Å². The van der Waals surface area contributed by atoms with E-state index in [9.17, 15) is 4.79 Å². The van der Waals surface area contributed by atoms with E-state index in [2.05, 4.69) is 40.0 Å². The van der Waals surface area contributed by atoms with Gasteiger partial charge in [-0.3, -0.25) is 4.90 Å². The highest BCUT2D eigenvalue weighted by Crippen LogP contribution is 2.31. The molecule has 3 rings (SSSR count). The van der Waals surface area contributed by atoms with Gasteiger partial charge < -0.3 is 10.6 Å². The molecule has 4 nitrogen and oxygen atoms in total. The SMILES string of the molecule is C[C@H](NC(=O)Nc1ccccc1)[C@@H](c1cccs1)N1CCCC1. The van der Waals surface area contributed by atoms with Gasteiger partial charge in [-0.1, -0.05) is 24.3 Å². The summed E-state index contributed by atoms with van der Waals surface area (Å²) in [5.41, 5.74) is 0.811. The Bertz CT molecular complexity index is 608. The number of rotatable bonds is 5. The van der Waals surface area contributed by atoms with Crippen LogP contribution >= 0.6 is 11.3 Å². The van der Waals surface area contributed by atoms with Crippen molar-refractivity contribution >= 4 is 23.1 Å². The van der Waals surface area contributed by atoms with Crippen LogP contribution in [-0.2, 0) is 0 Å². The molecule has 0 aliphatic carbocycles. The standard InChI is InChI=1S/C18H23N3OS/c1-14(19-18(22)20-15-8-3-2-4-9-15)17(16-10-7-13-23-16)21-11-5-6-12-21/h2-4,7-10,13-14,17H,5-6,11-12H2,1H3,(H2,19,20,22)/t14-,17-/m0/s1. The van der Waals surface area contributed by atoms with Crippen molar-refractivity contribution in [3.63, 3.8) is 0 Å². The molecule has 2 amide bonds. The Morgan fingerprint density at radius 3 is 2.52 bits per heavy atom. The number of hydrogen-bond acceptors (Lipinski definition) is 3. The molecule has 0 spiro atoms. The molecule has 1 aromatic heterocycles. The van der Waals surface area contributed by atoms with Crippen LogP contribution in [0.2, 0.25) is 0 Å². The van der Waals surface area contributed by atoms with Gasteiger partial charge in [-0.05, 0) is 56.4 Å². The van der Waals surface area contributed by atoms with Gasteiger partial charge in [0.1, 0.15) is 0 Å². The summed E-state index contributed by atoms with van der Waals surface area (Å²) in [5.74, 6) is 0. The number of thiophene rings is 1. The summed E-state index contributed by atoms with van der Waals surface area (Å²) < 4.78 is 0. The summed E-state index contributed by atoms with van der Waals surface area (Å²) in [4.78, 5) is 16.1. The second-order valence-corrected chi connectivity index (χ2v) is 6.94. The van der Waals surface area contributed by atoms with Crippen LogP contribution in [0.3, 0.4) is 0 Å². The number of anilines is 1. The van der Waals surface area contributed by atoms with Gasteiger partial charge in [0.15, 0.2) is 0 Å². The van der Waals surface area contributed by atoms with Crippen LogP contribution in [0.15, 0.2) is 47.8 Å². The fourth-order valence-corrected chi connectivity index (χ4v) is 4.16. The van der Waals surface area contributed by atoms with Crippen molar-refractivity contribution in [3.05, 3.63) is 52.7 Å². The summed E-state index contributed by atoms with van der Waals surface area (Å²) in [5, 5.41) is 8.11. The molecule has 2 heterocycles. The number of para-hydroxylation sites is 1. The van der Waals surface area contributed by atoms with E-state index in [1.165, 1.54) is 17.7 Å². The highest BCUT2D eigenvalue weighted by molar-refractivity contribution is 7.10. The van der Waals surface area contributed by atoms with Gasteiger partial charge in [0, 0.05) is 16.6 Å². The first-order valence-electron chi connectivity index (χ1n) is 8.14. The Morgan fingerprint density at radius 2 is 1.87 bits per heavy atom.